The standard InChI is InChI=1S/C20H16ClF2N3O/c21-15-3-1-13(2-4-15)7-9-24-19-11-14(8-10-25-19)20(27)26-16-5-6-17(22)18(23)12-16/h1-6,8,10-12H,7,9H2,(H,24,25)(H,26,27). The lowest BCUT2D eigenvalue weighted by molar-refractivity contribution is 0.102. The molecule has 7 heteroatoms. The lowest BCUT2D eigenvalue weighted by atomic mass is 10.1. The van der Waals surface area contributed by atoms with Crippen molar-refractivity contribution in [2.75, 3.05) is 17.2 Å². The third-order valence-electron chi connectivity index (χ3n) is 3.83. The minimum atomic E-state index is -1.02. The molecular weight excluding hydrogens is 372 g/mol. The van der Waals surface area contributed by atoms with Crippen molar-refractivity contribution in [3.63, 3.8) is 0 Å². The van der Waals surface area contributed by atoms with Crippen molar-refractivity contribution < 1.29 is 13.6 Å². The van der Waals surface area contributed by atoms with Crippen LogP contribution in [0.4, 0.5) is 20.3 Å². The number of nitrogens with one attached hydrogen (secondary N) is 2. The molecule has 0 aliphatic heterocycles. The van der Waals surface area contributed by atoms with Gasteiger partial charge in [-0.3, -0.25) is 4.79 Å². The van der Waals surface area contributed by atoms with E-state index in [2.05, 4.69) is 15.6 Å². The summed E-state index contributed by atoms with van der Waals surface area (Å²) >= 11 is 5.86. The van der Waals surface area contributed by atoms with Crippen molar-refractivity contribution in [3.05, 3.63) is 88.6 Å². The van der Waals surface area contributed by atoms with Gasteiger partial charge in [0, 0.05) is 35.1 Å². The quantitative estimate of drug-likeness (QED) is 0.631. The van der Waals surface area contributed by atoms with E-state index in [1.54, 1.807) is 12.1 Å². The Bertz CT molecular complexity index is 948. The first-order valence-electron chi connectivity index (χ1n) is 8.22. The Kier molecular flexibility index (Phi) is 5.98. The van der Waals surface area contributed by atoms with Gasteiger partial charge in [-0.25, -0.2) is 13.8 Å². The number of hydrogen-bond acceptors (Lipinski definition) is 3. The van der Waals surface area contributed by atoms with Gasteiger partial charge in [-0.05, 0) is 48.4 Å². The van der Waals surface area contributed by atoms with Crippen LogP contribution in [0.15, 0.2) is 60.8 Å². The fourth-order valence-corrected chi connectivity index (χ4v) is 2.56. The molecule has 0 bridgehead atoms. The Hall–Kier alpha value is -2.99. The molecule has 1 amide bonds. The Labute approximate surface area is 160 Å². The molecule has 0 saturated carbocycles. The molecule has 138 valence electrons. The minimum Gasteiger partial charge on any atom is -0.370 e. The third kappa shape index (κ3) is 5.24. The van der Waals surface area contributed by atoms with Crippen LogP contribution >= 0.6 is 11.6 Å². The molecule has 2 aromatic carbocycles. The molecule has 1 heterocycles. The van der Waals surface area contributed by atoms with Crippen LogP contribution in [0.1, 0.15) is 15.9 Å². The first-order valence-corrected chi connectivity index (χ1v) is 8.60. The molecule has 0 saturated heterocycles. The number of amides is 1. The average molecular weight is 388 g/mol. The Balaban J connectivity index is 1.59. The van der Waals surface area contributed by atoms with Crippen LogP contribution in [0, 0.1) is 11.6 Å². The fourth-order valence-electron chi connectivity index (χ4n) is 2.43. The number of carbonyl (C=O) groups is 1. The van der Waals surface area contributed by atoms with Crippen LogP contribution in [0.3, 0.4) is 0 Å². The molecule has 0 fully saturated rings. The molecule has 0 spiro atoms. The number of carbonyl (C=O) groups excluding carboxylic acids is 1. The van der Waals surface area contributed by atoms with Gasteiger partial charge in [0.05, 0.1) is 0 Å². The van der Waals surface area contributed by atoms with E-state index >= 15 is 0 Å². The topological polar surface area (TPSA) is 54.0 Å². The van der Waals surface area contributed by atoms with Crippen LogP contribution in [-0.4, -0.2) is 17.4 Å². The van der Waals surface area contributed by atoms with Crippen LogP contribution in [0.5, 0.6) is 0 Å². The highest BCUT2D eigenvalue weighted by molar-refractivity contribution is 6.30. The second-order valence-corrected chi connectivity index (χ2v) is 6.25. The van der Waals surface area contributed by atoms with Gasteiger partial charge in [-0.2, -0.15) is 0 Å². The number of pyridine rings is 1. The molecule has 2 N–H and O–H groups in total. The molecule has 0 radical (unpaired) electrons. The van der Waals surface area contributed by atoms with Crippen LogP contribution < -0.4 is 10.6 Å². The maximum Gasteiger partial charge on any atom is 0.255 e. The highest BCUT2D eigenvalue weighted by Crippen LogP contribution is 2.15. The second-order valence-electron chi connectivity index (χ2n) is 5.82. The molecule has 1 aromatic heterocycles. The molecular formula is C20H16ClF2N3O. The molecule has 4 nitrogen and oxygen atoms in total. The molecule has 0 aliphatic rings. The van der Waals surface area contributed by atoms with Crippen molar-refractivity contribution in [2.45, 2.75) is 6.42 Å². The van der Waals surface area contributed by atoms with Crippen molar-refractivity contribution in [2.24, 2.45) is 0 Å². The summed E-state index contributed by atoms with van der Waals surface area (Å²) in [6.45, 7) is 0.628. The number of aromatic nitrogens is 1. The van der Waals surface area contributed by atoms with Gasteiger partial charge in [0.2, 0.25) is 0 Å². The van der Waals surface area contributed by atoms with Gasteiger partial charge < -0.3 is 10.6 Å². The third-order valence-corrected chi connectivity index (χ3v) is 4.08. The number of hydrogen-bond donors (Lipinski definition) is 2. The first kappa shape index (κ1) is 18.8. The average Bonchev–Trinajstić information content (AvgIpc) is 2.66. The van der Waals surface area contributed by atoms with E-state index in [4.69, 9.17) is 11.6 Å². The summed E-state index contributed by atoms with van der Waals surface area (Å²) < 4.78 is 26.2. The summed E-state index contributed by atoms with van der Waals surface area (Å²) in [7, 11) is 0. The molecule has 3 aromatic rings. The fraction of sp³-hybridized carbons (Fsp3) is 0.100. The molecule has 0 unspecified atom stereocenters. The summed E-state index contributed by atoms with van der Waals surface area (Å²) in [6, 6.07) is 13.9. The van der Waals surface area contributed by atoms with Gasteiger partial charge in [0.15, 0.2) is 11.6 Å². The van der Waals surface area contributed by atoms with Gasteiger partial charge in [-0.15, -0.1) is 0 Å². The van der Waals surface area contributed by atoms with Crippen molar-refractivity contribution in [1.29, 1.82) is 0 Å². The lowest BCUT2D eigenvalue weighted by Crippen LogP contribution is -2.13. The van der Waals surface area contributed by atoms with Crippen LogP contribution in [0.25, 0.3) is 0 Å². The summed E-state index contributed by atoms with van der Waals surface area (Å²) in [5, 5.41) is 6.36. The molecule has 3 rings (SSSR count). The van der Waals surface area contributed by atoms with Crippen molar-refractivity contribution >= 4 is 29.0 Å². The smallest absolute Gasteiger partial charge is 0.255 e. The summed E-state index contributed by atoms with van der Waals surface area (Å²) in [4.78, 5) is 16.5. The molecule has 0 atom stereocenters. The number of nitrogens with zero attached hydrogens (tertiary/aromatic N) is 1. The zero-order valence-electron chi connectivity index (χ0n) is 14.2. The van der Waals surface area contributed by atoms with E-state index in [9.17, 15) is 13.6 Å². The molecule has 27 heavy (non-hydrogen) atoms. The SMILES string of the molecule is O=C(Nc1ccc(F)c(F)c1)c1ccnc(NCCc2ccc(Cl)cc2)c1. The summed E-state index contributed by atoms with van der Waals surface area (Å²) in [6.07, 6.45) is 2.27. The number of benzene rings is 2. The zero-order valence-corrected chi connectivity index (χ0v) is 14.9. The van der Waals surface area contributed by atoms with E-state index in [0.29, 0.717) is 22.9 Å². The molecule has 0 aliphatic carbocycles. The van der Waals surface area contributed by atoms with Crippen molar-refractivity contribution in [1.82, 2.24) is 4.98 Å². The monoisotopic (exact) mass is 387 g/mol. The second kappa shape index (κ2) is 8.60. The van der Waals surface area contributed by atoms with E-state index in [-0.39, 0.29) is 5.69 Å². The minimum absolute atomic E-state index is 0.174. The number of anilines is 2. The highest BCUT2D eigenvalue weighted by atomic mass is 35.5. The van der Waals surface area contributed by atoms with E-state index < -0.39 is 17.5 Å². The first-order chi connectivity index (χ1) is 13.0. The Morgan fingerprint density at radius 3 is 2.52 bits per heavy atom. The van der Waals surface area contributed by atoms with Gasteiger partial charge >= 0.3 is 0 Å². The Morgan fingerprint density at radius 2 is 1.78 bits per heavy atom. The predicted octanol–water partition coefficient (Wildman–Crippen LogP) is 4.92. The maximum absolute atomic E-state index is 13.2. The van der Waals surface area contributed by atoms with E-state index in [1.165, 1.54) is 12.3 Å². The predicted molar refractivity (Wildman–Crippen MR) is 102 cm³/mol. The van der Waals surface area contributed by atoms with Crippen LogP contribution in [-0.2, 0) is 6.42 Å². The normalized spacial score (nSPS) is 10.5. The van der Waals surface area contributed by atoms with E-state index in [1.807, 2.05) is 24.3 Å². The Morgan fingerprint density at radius 1 is 1.00 bits per heavy atom. The number of halogens is 3. The lowest BCUT2D eigenvalue weighted by Gasteiger charge is -2.09. The summed E-state index contributed by atoms with van der Waals surface area (Å²) in [5.41, 5.74) is 1.65. The zero-order chi connectivity index (χ0) is 19.2. The summed E-state index contributed by atoms with van der Waals surface area (Å²) in [5.74, 6) is -1.89. The van der Waals surface area contributed by atoms with Gasteiger partial charge in [-0.1, -0.05) is 23.7 Å². The van der Waals surface area contributed by atoms with Crippen molar-refractivity contribution in [3.8, 4) is 0 Å². The maximum atomic E-state index is 13.2. The van der Waals surface area contributed by atoms with Gasteiger partial charge in [0.1, 0.15) is 5.82 Å². The van der Waals surface area contributed by atoms with E-state index in [0.717, 1.165) is 24.1 Å². The van der Waals surface area contributed by atoms with Gasteiger partial charge in [0.25, 0.3) is 5.91 Å². The number of rotatable bonds is 6. The van der Waals surface area contributed by atoms with Crippen LogP contribution in [0.2, 0.25) is 5.02 Å². The largest absolute Gasteiger partial charge is 0.370 e. The highest BCUT2D eigenvalue weighted by Gasteiger charge is 2.09.